The van der Waals surface area contributed by atoms with Crippen molar-refractivity contribution in [3.8, 4) is 0 Å². The molecule has 3 heteroatoms. The molecule has 0 N–H and O–H groups in total. The van der Waals surface area contributed by atoms with Gasteiger partial charge in [0, 0.05) is 24.2 Å². The van der Waals surface area contributed by atoms with E-state index in [2.05, 4.69) is 37.1 Å². The van der Waals surface area contributed by atoms with E-state index in [1.165, 1.54) is 11.1 Å². The molecule has 0 aromatic heterocycles. The summed E-state index contributed by atoms with van der Waals surface area (Å²) >= 11 is 0. The molecule has 2 unspecified atom stereocenters. The monoisotopic (exact) mass is 270 g/mol. The minimum absolute atomic E-state index is 0.120. The summed E-state index contributed by atoms with van der Waals surface area (Å²) < 4.78 is 0. The van der Waals surface area contributed by atoms with Crippen molar-refractivity contribution in [2.75, 3.05) is 25.0 Å². The molecule has 2 atom stereocenters. The third kappa shape index (κ3) is 2.06. The molecule has 2 aliphatic heterocycles. The number of likely N-dealkylation sites (N-methyl/N-ethyl adjacent to an activating group) is 1. The Morgan fingerprint density at radius 2 is 2.20 bits per heavy atom. The Morgan fingerprint density at radius 1 is 1.40 bits per heavy atom. The van der Waals surface area contributed by atoms with Crippen LogP contribution in [0.3, 0.4) is 0 Å². The number of aryl methyl sites for hydroxylation is 1. The first-order chi connectivity index (χ1) is 9.61. The molecule has 1 saturated heterocycles. The second-order valence-corrected chi connectivity index (χ2v) is 6.00. The van der Waals surface area contributed by atoms with E-state index in [1.54, 1.807) is 6.08 Å². The number of allylic oxidation sites excluding steroid dienone is 1. The number of piperidine rings is 1. The highest BCUT2D eigenvalue weighted by Crippen LogP contribution is 2.44. The predicted octanol–water partition coefficient (Wildman–Crippen LogP) is 2.71. The number of benzene rings is 1. The second-order valence-electron chi connectivity index (χ2n) is 6.00. The standard InChI is InChI=1S/C17H22N2O/c1-4-5-17(20)19-15-7-6-12(2)10-13(15)14-11-18(3)9-8-16(14)19/h4-7,10,14,16H,8-9,11H2,1-3H3/b5-4+. The Bertz CT molecular complexity index is 564. The number of hydrogen-bond acceptors (Lipinski definition) is 2. The molecule has 1 fully saturated rings. The minimum atomic E-state index is 0.120. The summed E-state index contributed by atoms with van der Waals surface area (Å²) in [6.07, 6.45) is 4.57. The van der Waals surface area contributed by atoms with Crippen molar-refractivity contribution in [3.63, 3.8) is 0 Å². The molecule has 1 amide bonds. The smallest absolute Gasteiger partial charge is 0.250 e. The van der Waals surface area contributed by atoms with Gasteiger partial charge in [-0.2, -0.15) is 0 Å². The first kappa shape index (κ1) is 13.4. The summed E-state index contributed by atoms with van der Waals surface area (Å²) in [7, 11) is 2.17. The van der Waals surface area contributed by atoms with E-state index in [-0.39, 0.29) is 5.91 Å². The Balaban J connectivity index is 2.06. The molecule has 3 rings (SSSR count). The molecule has 0 radical (unpaired) electrons. The topological polar surface area (TPSA) is 23.6 Å². The van der Waals surface area contributed by atoms with E-state index in [1.807, 2.05) is 17.9 Å². The summed E-state index contributed by atoms with van der Waals surface area (Å²) in [6, 6.07) is 6.81. The zero-order chi connectivity index (χ0) is 14.3. The molecule has 0 bridgehead atoms. The van der Waals surface area contributed by atoms with Crippen LogP contribution in [0.25, 0.3) is 0 Å². The number of fused-ring (bicyclic) bond motifs is 3. The zero-order valence-electron chi connectivity index (χ0n) is 12.5. The molecular formula is C17H22N2O. The van der Waals surface area contributed by atoms with Crippen molar-refractivity contribution in [1.29, 1.82) is 0 Å². The fourth-order valence-corrected chi connectivity index (χ4v) is 3.59. The molecular weight excluding hydrogens is 248 g/mol. The number of carbonyl (C=O) groups excluding carboxylic acids is 1. The third-order valence-electron chi connectivity index (χ3n) is 4.50. The molecule has 2 aliphatic rings. The van der Waals surface area contributed by atoms with Gasteiger partial charge >= 0.3 is 0 Å². The van der Waals surface area contributed by atoms with Crippen LogP contribution < -0.4 is 4.90 Å². The molecule has 1 aromatic carbocycles. The van der Waals surface area contributed by atoms with Gasteiger partial charge in [-0.3, -0.25) is 4.79 Å². The summed E-state index contributed by atoms with van der Waals surface area (Å²) in [5.41, 5.74) is 3.74. The lowest BCUT2D eigenvalue weighted by Gasteiger charge is -2.36. The van der Waals surface area contributed by atoms with E-state index in [4.69, 9.17) is 0 Å². The molecule has 0 spiro atoms. The number of likely N-dealkylation sites (tertiary alicyclic amines) is 1. The Hall–Kier alpha value is -1.61. The van der Waals surface area contributed by atoms with E-state index in [9.17, 15) is 4.79 Å². The maximum atomic E-state index is 12.5. The molecule has 3 nitrogen and oxygen atoms in total. The Kier molecular flexibility index (Phi) is 3.38. The van der Waals surface area contributed by atoms with Crippen LogP contribution in [-0.2, 0) is 4.79 Å². The third-order valence-corrected chi connectivity index (χ3v) is 4.50. The summed E-state index contributed by atoms with van der Waals surface area (Å²) in [4.78, 5) is 16.8. The van der Waals surface area contributed by atoms with E-state index in [0.717, 1.165) is 25.2 Å². The average molecular weight is 270 g/mol. The highest BCUT2D eigenvalue weighted by atomic mass is 16.2. The van der Waals surface area contributed by atoms with Crippen LogP contribution in [0.15, 0.2) is 30.4 Å². The largest absolute Gasteiger partial charge is 0.306 e. The van der Waals surface area contributed by atoms with Gasteiger partial charge in [0.1, 0.15) is 0 Å². The summed E-state index contributed by atoms with van der Waals surface area (Å²) in [6.45, 7) is 6.13. The fourth-order valence-electron chi connectivity index (χ4n) is 3.59. The number of amides is 1. The lowest BCUT2D eigenvalue weighted by Crippen LogP contribution is -2.46. The maximum Gasteiger partial charge on any atom is 0.250 e. The Morgan fingerprint density at radius 3 is 2.95 bits per heavy atom. The second kappa shape index (κ2) is 5.06. The van der Waals surface area contributed by atoms with Gasteiger partial charge in [-0.15, -0.1) is 0 Å². The van der Waals surface area contributed by atoms with Crippen LogP contribution in [0.2, 0.25) is 0 Å². The van der Waals surface area contributed by atoms with Crippen LogP contribution in [0.5, 0.6) is 0 Å². The molecule has 1 aromatic rings. The van der Waals surface area contributed by atoms with Crippen molar-refractivity contribution < 1.29 is 4.79 Å². The van der Waals surface area contributed by atoms with Crippen LogP contribution in [0, 0.1) is 6.92 Å². The van der Waals surface area contributed by atoms with Gasteiger partial charge in [0.25, 0.3) is 5.91 Å². The first-order valence-corrected chi connectivity index (χ1v) is 7.37. The van der Waals surface area contributed by atoms with Crippen LogP contribution >= 0.6 is 0 Å². The first-order valence-electron chi connectivity index (χ1n) is 7.37. The highest BCUT2D eigenvalue weighted by molar-refractivity contribution is 6.03. The van der Waals surface area contributed by atoms with Gasteiger partial charge in [-0.1, -0.05) is 23.8 Å². The van der Waals surface area contributed by atoms with E-state index in [0.29, 0.717) is 12.0 Å². The number of anilines is 1. The van der Waals surface area contributed by atoms with Crippen LogP contribution in [-0.4, -0.2) is 37.0 Å². The quantitative estimate of drug-likeness (QED) is 0.733. The lowest BCUT2D eigenvalue weighted by atomic mass is 9.89. The molecule has 0 aliphatic carbocycles. The normalized spacial score (nSPS) is 25.9. The van der Waals surface area contributed by atoms with Crippen molar-refractivity contribution >= 4 is 11.6 Å². The van der Waals surface area contributed by atoms with Crippen molar-refractivity contribution in [1.82, 2.24) is 4.90 Å². The van der Waals surface area contributed by atoms with Crippen molar-refractivity contribution in [3.05, 3.63) is 41.5 Å². The van der Waals surface area contributed by atoms with Crippen molar-refractivity contribution in [2.45, 2.75) is 32.2 Å². The van der Waals surface area contributed by atoms with Crippen LogP contribution in [0.4, 0.5) is 5.69 Å². The average Bonchev–Trinajstić information content (AvgIpc) is 2.72. The SMILES string of the molecule is C/C=C/C(=O)N1c2ccc(C)cc2C2CN(C)CCC21. The van der Waals surface area contributed by atoms with Gasteiger partial charge in [-0.05, 0) is 51.6 Å². The van der Waals surface area contributed by atoms with E-state index < -0.39 is 0 Å². The highest BCUT2D eigenvalue weighted by Gasteiger charge is 2.43. The summed E-state index contributed by atoms with van der Waals surface area (Å²) in [5.74, 6) is 0.576. The fraction of sp³-hybridized carbons (Fsp3) is 0.471. The van der Waals surface area contributed by atoms with Gasteiger partial charge in [0.2, 0.25) is 0 Å². The number of rotatable bonds is 1. The van der Waals surface area contributed by atoms with Crippen LogP contribution in [0.1, 0.15) is 30.4 Å². The predicted molar refractivity (Wildman–Crippen MR) is 82.1 cm³/mol. The van der Waals surface area contributed by atoms with Gasteiger partial charge in [-0.25, -0.2) is 0 Å². The minimum Gasteiger partial charge on any atom is -0.306 e. The number of hydrogen-bond donors (Lipinski definition) is 0. The Labute approximate surface area is 120 Å². The molecule has 0 saturated carbocycles. The number of nitrogens with zero attached hydrogens (tertiary/aromatic N) is 2. The van der Waals surface area contributed by atoms with Gasteiger partial charge in [0.05, 0.1) is 0 Å². The van der Waals surface area contributed by atoms with E-state index >= 15 is 0 Å². The van der Waals surface area contributed by atoms with Crippen molar-refractivity contribution in [2.24, 2.45) is 0 Å². The lowest BCUT2D eigenvalue weighted by molar-refractivity contribution is -0.114. The number of carbonyl (C=O) groups is 1. The zero-order valence-corrected chi connectivity index (χ0v) is 12.5. The molecule has 106 valence electrons. The van der Waals surface area contributed by atoms with Gasteiger partial charge < -0.3 is 9.80 Å². The molecule has 20 heavy (non-hydrogen) atoms. The summed E-state index contributed by atoms with van der Waals surface area (Å²) in [5, 5.41) is 0. The maximum absolute atomic E-state index is 12.5. The van der Waals surface area contributed by atoms with Gasteiger partial charge in [0.15, 0.2) is 0 Å². The molecule has 2 heterocycles.